The van der Waals surface area contributed by atoms with Crippen molar-refractivity contribution in [3.8, 4) is 11.4 Å². The van der Waals surface area contributed by atoms with E-state index in [4.69, 9.17) is 12.2 Å². The quantitative estimate of drug-likeness (QED) is 0.886. The van der Waals surface area contributed by atoms with E-state index in [0.717, 1.165) is 31.0 Å². The van der Waals surface area contributed by atoms with Crippen molar-refractivity contribution < 1.29 is 0 Å². The van der Waals surface area contributed by atoms with Crippen molar-refractivity contribution in [3.05, 3.63) is 29.3 Å². The molecule has 3 rings (SSSR count). The largest absolute Gasteiger partial charge is 0.306 e. The van der Waals surface area contributed by atoms with Gasteiger partial charge in [-0.05, 0) is 62.7 Å². The lowest BCUT2D eigenvalue weighted by molar-refractivity contribution is 0.120. The zero-order valence-electron chi connectivity index (χ0n) is 12.5. The Kier molecular flexibility index (Phi) is 3.91. The average molecular weight is 303 g/mol. The van der Waals surface area contributed by atoms with Gasteiger partial charge in [0, 0.05) is 24.5 Å². The zero-order chi connectivity index (χ0) is 14.9. The molecule has 0 aromatic carbocycles. The summed E-state index contributed by atoms with van der Waals surface area (Å²) >= 11 is 5.43. The van der Waals surface area contributed by atoms with Crippen LogP contribution in [0.5, 0.6) is 0 Å². The molecule has 21 heavy (non-hydrogen) atoms. The topological polar surface area (TPSA) is 49.7 Å². The van der Waals surface area contributed by atoms with Crippen LogP contribution in [0.25, 0.3) is 11.4 Å². The highest BCUT2D eigenvalue weighted by molar-refractivity contribution is 7.71. The molecular formula is C15H21N5S. The maximum Gasteiger partial charge on any atom is 0.195 e. The van der Waals surface area contributed by atoms with Crippen LogP contribution in [0, 0.1) is 10.2 Å². The fourth-order valence-corrected chi connectivity index (χ4v) is 3.08. The van der Waals surface area contributed by atoms with Crippen molar-refractivity contribution in [1.29, 1.82) is 0 Å². The van der Waals surface area contributed by atoms with Crippen LogP contribution >= 0.6 is 12.2 Å². The molecule has 2 aromatic heterocycles. The first-order chi connectivity index (χ1) is 10.1. The van der Waals surface area contributed by atoms with Crippen LogP contribution in [0.1, 0.15) is 19.8 Å². The van der Waals surface area contributed by atoms with Crippen molar-refractivity contribution in [3.63, 3.8) is 0 Å². The molecule has 6 heteroatoms. The molecule has 1 aliphatic rings. The van der Waals surface area contributed by atoms with Gasteiger partial charge >= 0.3 is 0 Å². The Bertz CT molecular complexity index is 652. The maximum atomic E-state index is 5.43. The second kappa shape index (κ2) is 5.69. The van der Waals surface area contributed by atoms with Gasteiger partial charge in [-0.15, -0.1) is 0 Å². The van der Waals surface area contributed by atoms with E-state index in [0.29, 0.717) is 4.77 Å². The van der Waals surface area contributed by atoms with Crippen LogP contribution in [-0.2, 0) is 6.54 Å². The number of rotatable bonds is 3. The van der Waals surface area contributed by atoms with E-state index in [1.807, 2.05) is 12.1 Å². The first-order valence-electron chi connectivity index (χ1n) is 7.32. The molecule has 0 amide bonds. The van der Waals surface area contributed by atoms with Gasteiger partial charge in [0.05, 0.1) is 0 Å². The van der Waals surface area contributed by atoms with Gasteiger partial charge in [0.1, 0.15) is 0 Å². The summed E-state index contributed by atoms with van der Waals surface area (Å²) in [4.78, 5) is 6.46. The molecule has 5 nitrogen and oxygen atoms in total. The van der Waals surface area contributed by atoms with Gasteiger partial charge in [-0.25, -0.2) is 0 Å². The number of nitrogens with zero attached hydrogens (tertiary/aromatic N) is 4. The highest BCUT2D eigenvalue weighted by Gasteiger charge is 2.30. The third-order valence-corrected chi connectivity index (χ3v) is 4.74. The molecule has 0 aliphatic carbocycles. The Morgan fingerprint density at radius 1 is 1.29 bits per heavy atom. The standard InChI is InChI=1S/C15H21N5S/c1-15(5-9-19(2)10-6-15)11-20-13(17-18-14(20)21)12-3-7-16-8-4-12/h3-4,7-8H,5-6,9-11H2,1-2H3,(H,18,21). The average Bonchev–Trinajstić information content (AvgIpc) is 2.85. The summed E-state index contributed by atoms with van der Waals surface area (Å²) in [5.41, 5.74) is 1.32. The third kappa shape index (κ3) is 3.06. The number of pyridine rings is 1. The minimum Gasteiger partial charge on any atom is -0.306 e. The number of nitrogens with one attached hydrogen (secondary N) is 1. The van der Waals surface area contributed by atoms with Gasteiger partial charge in [0.2, 0.25) is 0 Å². The van der Waals surface area contributed by atoms with Gasteiger partial charge in [0.15, 0.2) is 10.6 Å². The summed E-state index contributed by atoms with van der Waals surface area (Å²) in [6, 6.07) is 3.94. The lowest BCUT2D eigenvalue weighted by atomic mass is 9.80. The molecule has 0 saturated carbocycles. The molecule has 1 aliphatic heterocycles. The summed E-state index contributed by atoms with van der Waals surface area (Å²) < 4.78 is 2.83. The first-order valence-corrected chi connectivity index (χ1v) is 7.72. The van der Waals surface area contributed by atoms with Crippen LogP contribution in [-0.4, -0.2) is 44.8 Å². The number of likely N-dealkylation sites (tertiary alicyclic amines) is 1. The molecule has 0 bridgehead atoms. The number of aromatic amines is 1. The summed E-state index contributed by atoms with van der Waals surface area (Å²) in [7, 11) is 2.19. The van der Waals surface area contributed by atoms with E-state index < -0.39 is 0 Å². The van der Waals surface area contributed by atoms with Crippen molar-refractivity contribution in [2.24, 2.45) is 5.41 Å². The van der Waals surface area contributed by atoms with Gasteiger partial charge in [-0.2, -0.15) is 5.10 Å². The Labute approximate surface area is 130 Å². The predicted octanol–water partition coefficient (Wildman–Crippen LogP) is 2.73. The van der Waals surface area contributed by atoms with Gasteiger partial charge < -0.3 is 4.90 Å². The molecular weight excluding hydrogens is 282 g/mol. The second-order valence-corrected chi connectivity index (χ2v) is 6.68. The van der Waals surface area contributed by atoms with E-state index in [1.165, 1.54) is 12.8 Å². The number of hydrogen-bond acceptors (Lipinski definition) is 4. The Balaban J connectivity index is 1.89. The summed E-state index contributed by atoms with van der Waals surface area (Å²) in [6.07, 6.45) is 5.95. The molecule has 0 spiro atoms. The zero-order valence-corrected chi connectivity index (χ0v) is 13.4. The number of hydrogen-bond donors (Lipinski definition) is 1. The molecule has 0 radical (unpaired) electrons. The molecule has 1 fully saturated rings. The Morgan fingerprint density at radius 3 is 2.62 bits per heavy atom. The second-order valence-electron chi connectivity index (χ2n) is 6.29. The van der Waals surface area contributed by atoms with Gasteiger partial charge in [0.25, 0.3) is 0 Å². The van der Waals surface area contributed by atoms with Crippen molar-refractivity contribution in [1.82, 2.24) is 24.6 Å². The number of aromatic nitrogens is 4. The van der Waals surface area contributed by atoms with Crippen molar-refractivity contribution in [2.45, 2.75) is 26.3 Å². The van der Waals surface area contributed by atoms with E-state index in [1.54, 1.807) is 12.4 Å². The van der Waals surface area contributed by atoms with Crippen molar-refractivity contribution in [2.75, 3.05) is 20.1 Å². The lowest BCUT2D eigenvalue weighted by Crippen LogP contribution is -2.38. The fourth-order valence-electron chi connectivity index (χ4n) is 2.88. The highest BCUT2D eigenvalue weighted by atomic mass is 32.1. The lowest BCUT2D eigenvalue weighted by Gasteiger charge is -2.38. The monoisotopic (exact) mass is 303 g/mol. The van der Waals surface area contributed by atoms with E-state index in [9.17, 15) is 0 Å². The van der Waals surface area contributed by atoms with Crippen LogP contribution in [0.2, 0.25) is 0 Å². The van der Waals surface area contributed by atoms with Crippen LogP contribution < -0.4 is 0 Å². The molecule has 1 saturated heterocycles. The summed E-state index contributed by atoms with van der Waals surface area (Å²) in [5.74, 6) is 0.905. The minimum atomic E-state index is 0.274. The number of piperidine rings is 1. The molecule has 0 unspecified atom stereocenters. The van der Waals surface area contributed by atoms with E-state index in [-0.39, 0.29) is 5.41 Å². The smallest absolute Gasteiger partial charge is 0.195 e. The minimum absolute atomic E-state index is 0.274. The molecule has 1 N–H and O–H groups in total. The van der Waals surface area contributed by atoms with E-state index in [2.05, 4.69) is 38.6 Å². The SMILES string of the molecule is CN1CCC(C)(Cn2c(-c3ccncc3)n[nH]c2=S)CC1. The predicted molar refractivity (Wildman–Crippen MR) is 85.5 cm³/mol. The van der Waals surface area contributed by atoms with Gasteiger partial charge in [-0.1, -0.05) is 6.92 Å². The third-order valence-electron chi connectivity index (χ3n) is 4.43. The maximum absolute atomic E-state index is 5.43. The first kappa shape index (κ1) is 14.4. The van der Waals surface area contributed by atoms with Crippen molar-refractivity contribution >= 4 is 12.2 Å². The highest BCUT2D eigenvalue weighted by Crippen LogP contribution is 2.33. The summed E-state index contributed by atoms with van der Waals surface area (Å²) in [6.45, 7) is 5.55. The molecule has 2 aromatic rings. The van der Waals surface area contributed by atoms with Gasteiger partial charge in [-0.3, -0.25) is 14.6 Å². The fraction of sp³-hybridized carbons (Fsp3) is 0.533. The normalized spacial score (nSPS) is 18.8. The molecule has 112 valence electrons. The Hall–Kier alpha value is -1.53. The van der Waals surface area contributed by atoms with Crippen LogP contribution in [0.4, 0.5) is 0 Å². The van der Waals surface area contributed by atoms with Crippen LogP contribution in [0.15, 0.2) is 24.5 Å². The van der Waals surface area contributed by atoms with E-state index >= 15 is 0 Å². The number of H-pyrrole nitrogens is 1. The molecule has 0 atom stereocenters. The Morgan fingerprint density at radius 2 is 1.95 bits per heavy atom. The summed E-state index contributed by atoms with van der Waals surface area (Å²) in [5, 5.41) is 7.34. The molecule has 3 heterocycles. The van der Waals surface area contributed by atoms with Crippen LogP contribution in [0.3, 0.4) is 0 Å².